The van der Waals surface area contributed by atoms with Gasteiger partial charge >= 0.3 is 5.97 Å². The van der Waals surface area contributed by atoms with Gasteiger partial charge in [0.1, 0.15) is 23.8 Å². The molecule has 1 heterocycles. The minimum absolute atomic E-state index is 0.219. The summed E-state index contributed by atoms with van der Waals surface area (Å²) in [6.07, 6.45) is 0. The van der Waals surface area contributed by atoms with E-state index in [1.165, 1.54) is 23.2 Å². The van der Waals surface area contributed by atoms with Crippen molar-refractivity contribution >= 4 is 34.0 Å². The van der Waals surface area contributed by atoms with Crippen molar-refractivity contribution in [1.29, 1.82) is 0 Å². The van der Waals surface area contributed by atoms with Gasteiger partial charge in [0.2, 0.25) is 5.91 Å². The molecule has 0 saturated carbocycles. The lowest BCUT2D eigenvalue weighted by molar-refractivity contribution is -0.115. The Morgan fingerprint density at radius 1 is 1.14 bits per heavy atom. The van der Waals surface area contributed by atoms with Crippen LogP contribution in [0.5, 0.6) is 0 Å². The first-order chi connectivity index (χ1) is 13.8. The fraction of sp³-hybridized carbons (Fsp3) is 0.190. The summed E-state index contributed by atoms with van der Waals surface area (Å²) in [6, 6.07) is 8.83. The summed E-state index contributed by atoms with van der Waals surface area (Å²) in [6.45, 7) is 5.02. The van der Waals surface area contributed by atoms with Gasteiger partial charge in [-0.05, 0) is 37.6 Å². The number of carbonyl (C=O) groups is 2. The van der Waals surface area contributed by atoms with Gasteiger partial charge in [0.05, 0.1) is 11.4 Å². The van der Waals surface area contributed by atoms with Crippen LogP contribution in [-0.2, 0) is 16.1 Å². The predicted octanol–water partition coefficient (Wildman–Crippen LogP) is 5.08. The molecule has 5 nitrogen and oxygen atoms in total. The van der Waals surface area contributed by atoms with E-state index in [0.29, 0.717) is 16.5 Å². The van der Waals surface area contributed by atoms with Gasteiger partial charge in [0, 0.05) is 12.3 Å². The maximum Gasteiger partial charge on any atom is 0.344 e. The van der Waals surface area contributed by atoms with Gasteiger partial charge in [-0.25, -0.2) is 18.6 Å². The number of benzene rings is 2. The molecule has 3 aromatic rings. The predicted molar refractivity (Wildman–Crippen MR) is 106 cm³/mol. The van der Waals surface area contributed by atoms with Crippen molar-refractivity contribution in [2.45, 2.75) is 27.4 Å². The number of nitrogens with zero attached hydrogens (tertiary/aromatic N) is 2. The second-order valence-electron chi connectivity index (χ2n) is 6.44. The van der Waals surface area contributed by atoms with E-state index >= 15 is 0 Å². The third-order valence-corrected chi connectivity index (χ3v) is 5.03. The van der Waals surface area contributed by atoms with Gasteiger partial charge in [-0.15, -0.1) is 11.3 Å². The molecule has 0 atom stereocenters. The number of rotatable bonds is 5. The van der Waals surface area contributed by atoms with Gasteiger partial charge in [-0.1, -0.05) is 23.8 Å². The standard InChI is InChI=1S/C21H18F2N2O3S/c1-12-7-8-18(13(2)9-12)25(14(3)26)21-24-15(11-29-21)10-28-20(27)19-16(22)5-4-6-17(19)23/h4-9,11H,10H2,1-3H3. The SMILES string of the molecule is CC(=O)N(c1nc(COC(=O)c2c(F)cccc2F)cs1)c1ccc(C)cc1C. The summed E-state index contributed by atoms with van der Waals surface area (Å²) in [5.41, 5.74) is 2.31. The van der Waals surface area contributed by atoms with E-state index in [0.717, 1.165) is 29.3 Å². The van der Waals surface area contributed by atoms with Gasteiger partial charge in [-0.3, -0.25) is 9.69 Å². The lowest BCUT2D eigenvalue weighted by Crippen LogP contribution is -2.23. The number of aromatic nitrogens is 1. The molecule has 0 fully saturated rings. The summed E-state index contributed by atoms with van der Waals surface area (Å²) in [7, 11) is 0. The highest BCUT2D eigenvalue weighted by Crippen LogP contribution is 2.32. The first-order valence-corrected chi connectivity index (χ1v) is 9.59. The van der Waals surface area contributed by atoms with Crippen molar-refractivity contribution in [3.63, 3.8) is 0 Å². The molecule has 0 aliphatic heterocycles. The van der Waals surface area contributed by atoms with Crippen molar-refractivity contribution in [1.82, 2.24) is 4.98 Å². The second-order valence-corrected chi connectivity index (χ2v) is 7.28. The normalized spacial score (nSPS) is 10.7. The Hall–Kier alpha value is -3.13. The number of anilines is 2. The Labute approximate surface area is 170 Å². The van der Waals surface area contributed by atoms with Crippen LogP contribution in [-0.4, -0.2) is 16.9 Å². The molecule has 2 aromatic carbocycles. The molecular formula is C21H18F2N2O3S. The van der Waals surface area contributed by atoms with Crippen LogP contribution in [0.2, 0.25) is 0 Å². The van der Waals surface area contributed by atoms with E-state index in [1.54, 1.807) is 5.38 Å². The van der Waals surface area contributed by atoms with Crippen molar-refractivity contribution < 1.29 is 23.1 Å². The van der Waals surface area contributed by atoms with E-state index in [1.807, 2.05) is 32.0 Å². The van der Waals surface area contributed by atoms with Crippen LogP contribution in [0, 0.1) is 25.5 Å². The summed E-state index contributed by atoms with van der Waals surface area (Å²) in [5.74, 6) is -3.32. The fourth-order valence-corrected chi connectivity index (χ4v) is 3.70. The summed E-state index contributed by atoms with van der Waals surface area (Å²) in [4.78, 5) is 30.1. The zero-order chi connectivity index (χ0) is 21.1. The third-order valence-electron chi connectivity index (χ3n) is 4.16. The maximum absolute atomic E-state index is 13.7. The number of ether oxygens (including phenoxy) is 1. The van der Waals surface area contributed by atoms with Crippen molar-refractivity contribution in [3.8, 4) is 0 Å². The largest absolute Gasteiger partial charge is 0.455 e. The quantitative estimate of drug-likeness (QED) is 0.544. The number of hydrogen-bond acceptors (Lipinski definition) is 5. The van der Waals surface area contributed by atoms with E-state index in [2.05, 4.69) is 4.98 Å². The number of amides is 1. The van der Waals surface area contributed by atoms with Crippen LogP contribution in [0.3, 0.4) is 0 Å². The first kappa shape index (κ1) is 20.6. The topological polar surface area (TPSA) is 59.5 Å². The number of carbonyl (C=O) groups excluding carboxylic acids is 2. The maximum atomic E-state index is 13.7. The fourth-order valence-electron chi connectivity index (χ4n) is 2.83. The second kappa shape index (κ2) is 8.48. The van der Waals surface area contributed by atoms with Gasteiger partial charge in [-0.2, -0.15) is 0 Å². The summed E-state index contributed by atoms with van der Waals surface area (Å²) in [5, 5.41) is 2.03. The molecule has 0 bridgehead atoms. The monoisotopic (exact) mass is 416 g/mol. The minimum atomic E-state index is -1.12. The molecule has 8 heteroatoms. The van der Waals surface area contributed by atoms with Crippen molar-refractivity contribution in [3.05, 3.63) is 75.8 Å². The lowest BCUT2D eigenvalue weighted by atomic mass is 10.1. The van der Waals surface area contributed by atoms with Crippen molar-refractivity contribution in [2.24, 2.45) is 0 Å². The van der Waals surface area contributed by atoms with Crippen LogP contribution in [0.4, 0.5) is 19.6 Å². The average molecular weight is 416 g/mol. The Balaban J connectivity index is 1.79. The van der Waals surface area contributed by atoms with Crippen LogP contribution in [0.1, 0.15) is 34.1 Å². The summed E-state index contributed by atoms with van der Waals surface area (Å²) < 4.78 is 32.4. The molecule has 1 amide bonds. The molecule has 1 aromatic heterocycles. The molecule has 0 radical (unpaired) electrons. The molecule has 0 spiro atoms. The zero-order valence-electron chi connectivity index (χ0n) is 16.0. The Morgan fingerprint density at radius 3 is 2.45 bits per heavy atom. The molecule has 29 heavy (non-hydrogen) atoms. The van der Waals surface area contributed by atoms with Crippen molar-refractivity contribution in [2.75, 3.05) is 4.90 Å². The Morgan fingerprint density at radius 2 is 1.83 bits per heavy atom. The molecule has 0 unspecified atom stereocenters. The smallest absolute Gasteiger partial charge is 0.344 e. The van der Waals surface area contributed by atoms with E-state index in [4.69, 9.17) is 4.74 Å². The van der Waals surface area contributed by atoms with Crippen LogP contribution < -0.4 is 4.90 Å². The number of halogens is 2. The first-order valence-electron chi connectivity index (χ1n) is 8.71. The van der Waals surface area contributed by atoms with Gasteiger partial charge < -0.3 is 4.74 Å². The Kier molecular flexibility index (Phi) is 6.03. The van der Waals surface area contributed by atoms with Gasteiger partial charge in [0.25, 0.3) is 0 Å². The molecule has 0 aliphatic carbocycles. The molecule has 3 rings (SSSR count). The number of aryl methyl sites for hydroxylation is 2. The molecule has 0 N–H and O–H groups in total. The van der Waals surface area contributed by atoms with Crippen LogP contribution >= 0.6 is 11.3 Å². The molecular weight excluding hydrogens is 398 g/mol. The highest BCUT2D eigenvalue weighted by atomic mass is 32.1. The number of thiazole rings is 1. The third kappa shape index (κ3) is 4.48. The van der Waals surface area contributed by atoms with Crippen LogP contribution in [0.15, 0.2) is 41.8 Å². The molecule has 0 aliphatic rings. The summed E-state index contributed by atoms with van der Waals surface area (Å²) >= 11 is 1.20. The van der Waals surface area contributed by atoms with E-state index in [-0.39, 0.29) is 12.5 Å². The highest BCUT2D eigenvalue weighted by Gasteiger charge is 2.22. The lowest BCUT2D eigenvalue weighted by Gasteiger charge is -2.20. The number of esters is 1. The van der Waals surface area contributed by atoms with E-state index < -0.39 is 23.2 Å². The number of hydrogen-bond donors (Lipinski definition) is 0. The average Bonchev–Trinajstić information content (AvgIpc) is 3.10. The Bertz CT molecular complexity index is 1060. The van der Waals surface area contributed by atoms with Gasteiger partial charge in [0.15, 0.2) is 5.13 Å². The zero-order valence-corrected chi connectivity index (χ0v) is 16.8. The molecule has 0 saturated heterocycles. The van der Waals surface area contributed by atoms with E-state index in [9.17, 15) is 18.4 Å². The van der Waals surface area contributed by atoms with Crippen LogP contribution in [0.25, 0.3) is 0 Å². The molecule has 150 valence electrons. The highest BCUT2D eigenvalue weighted by molar-refractivity contribution is 7.14. The minimum Gasteiger partial charge on any atom is -0.455 e.